The minimum atomic E-state index is 0.219. The SMILES string of the molecule is CC(C)(C)CC1(CC(C)(C)C)CO1. The van der Waals surface area contributed by atoms with Gasteiger partial charge in [0, 0.05) is 0 Å². The summed E-state index contributed by atoms with van der Waals surface area (Å²) in [5, 5.41) is 0. The fourth-order valence-electron chi connectivity index (χ4n) is 2.30. The van der Waals surface area contributed by atoms with Gasteiger partial charge >= 0.3 is 0 Å². The number of hydrogen-bond donors (Lipinski definition) is 0. The summed E-state index contributed by atoms with van der Waals surface area (Å²) < 4.78 is 5.65. The molecule has 1 rings (SSSR count). The molecule has 1 aliphatic heterocycles. The minimum absolute atomic E-state index is 0.219. The van der Waals surface area contributed by atoms with Crippen molar-refractivity contribution in [1.29, 1.82) is 0 Å². The van der Waals surface area contributed by atoms with Crippen LogP contribution in [-0.2, 0) is 4.74 Å². The molecule has 0 N–H and O–H groups in total. The van der Waals surface area contributed by atoms with Crippen LogP contribution in [0.4, 0.5) is 0 Å². The molecule has 0 atom stereocenters. The maximum Gasteiger partial charge on any atom is 0.0926 e. The van der Waals surface area contributed by atoms with Gasteiger partial charge in [0.1, 0.15) is 0 Å². The van der Waals surface area contributed by atoms with Crippen molar-refractivity contribution in [2.24, 2.45) is 10.8 Å². The first-order chi connectivity index (χ1) is 5.62. The predicted molar refractivity (Wildman–Crippen MR) is 56.8 cm³/mol. The minimum Gasteiger partial charge on any atom is -0.370 e. The van der Waals surface area contributed by atoms with Crippen molar-refractivity contribution in [2.75, 3.05) is 6.61 Å². The molecular formula is C12H24O. The summed E-state index contributed by atoms with van der Waals surface area (Å²) in [5.74, 6) is 0. The third kappa shape index (κ3) is 4.12. The maximum absolute atomic E-state index is 5.65. The van der Waals surface area contributed by atoms with Crippen LogP contribution < -0.4 is 0 Å². The Bertz CT molecular complexity index is 158. The molecule has 1 saturated heterocycles. The van der Waals surface area contributed by atoms with Crippen molar-refractivity contribution in [3.05, 3.63) is 0 Å². The Hall–Kier alpha value is -0.0400. The largest absolute Gasteiger partial charge is 0.370 e. The van der Waals surface area contributed by atoms with E-state index in [1.165, 1.54) is 12.8 Å². The fourth-order valence-corrected chi connectivity index (χ4v) is 2.30. The smallest absolute Gasteiger partial charge is 0.0926 e. The molecule has 1 fully saturated rings. The zero-order valence-corrected chi connectivity index (χ0v) is 10.0. The van der Waals surface area contributed by atoms with E-state index >= 15 is 0 Å². The first kappa shape index (κ1) is 11.0. The number of hydrogen-bond acceptors (Lipinski definition) is 1. The predicted octanol–water partition coefficient (Wildman–Crippen LogP) is 3.63. The molecule has 0 amide bonds. The van der Waals surface area contributed by atoms with Gasteiger partial charge in [-0.15, -0.1) is 0 Å². The van der Waals surface area contributed by atoms with E-state index in [0.717, 1.165) is 6.61 Å². The lowest BCUT2D eigenvalue weighted by atomic mass is 9.77. The third-order valence-electron chi connectivity index (χ3n) is 2.26. The van der Waals surface area contributed by atoms with Crippen molar-refractivity contribution in [3.63, 3.8) is 0 Å². The van der Waals surface area contributed by atoms with Gasteiger partial charge in [-0.05, 0) is 23.7 Å². The normalized spacial score (nSPS) is 21.7. The lowest BCUT2D eigenvalue weighted by molar-refractivity contribution is 0.159. The molecule has 0 radical (unpaired) electrons. The summed E-state index contributed by atoms with van der Waals surface area (Å²) in [5.41, 5.74) is 1.000. The quantitative estimate of drug-likeness (QED) is 0.597. The molecule has 0 aromatic rings. The van der Waals surface area contributed by atoms with Crippen LogP contribution >= 0.6 is 0 Å². The fraction of sp³-hybridized carbons (Fsp3) is 1.00. The molecule has 0 bridgehead atoms. The van der Waals surface area contributed by atoms with E-state index in [0.29, 0.717) is 10.8 Å². The van der Waals surface area contributed by atoms with Gasteiger partial charge in [0.05, 0.1) is 12.2 Å². The number of ether oxygens (including phenoxy) is 1. The van der Waals surface area contributed by atoms with E-state index in [1.807, 2.05) is 0 Å². The van der Waals surface area contributed by atoms with Crippen molar-refractivity contribution in [3.8, 4) is 0 Å². The van der Waals surface area contributed by atoms with E-state index in [-0.39, 0.29) is 5.60 Å². The van der Waals surface area contributed by atoms with Gasteiger partial charge in [0.25, 0.3) is 0 Å². The van der Waals surface area contributed by atoms with Gasteiger partial charge in [-0.25, -0.2) is 0 Å². The summed E-state index contributed by atoms with van der Waals surface area (Å²) in [6.45, 7) is 14.7. The van der Waals surface area contributed by atoms with Gasteiger partial charge in [-0.2, -0.15) is 0 Å². The van der Waals surface area contributed by atoms with Gasteiger partial charge in [-0.3, -0.25) is 0 Å². The second-order valence-corrected chi connectivity index (χ2v) is 6.95. The number of rotatable bonds is 2. The second-order valence-electron chi connectivity index (χ2n) is 6.95. The molecule has 1 heteroatoms. The summed E-state index contributed by atoms with van der Waals surface area (Å²) in [7, 11) is 0. The topological polar surface area (TPSA) is 12.5 Å². The van der Waals surface area contributed by atoms with Crippen molar-refractivity contribution in [2.45, 2.75) is 60.0 Å². The van der Waals surface area contributed by atoms with Crippen LogP contribution in [0.5, 0.6) is 0 Å². The highest BCUT2D eigenvalue weighted by atomic mass is 16.6. The van der Waals surface area contributed by atoms with Crippen molar-refractivity contribution < 1.29 is 4.74 Å². The van der Waals surface area contributed by atoms with Gasteiger partial charge in [-0.1, -0.05) is 41.5 Å². The Morgan fingerprint density at radius 3 is 1.38 bits per heavy atom. The van der Waals surface area contributed by atoms with Gasteiger partial charge < -0.3 is 4.74 Å². The molecule has 0 spiro atoms. The van der Waals surface area contributed by atoms with Gasteiger partial charge in [0.15, 0.2) is 0 Å². The average molecular weight is 184 g/mol. The summed E-state index contributed by atoms with van der Waals surface area (Å²) in [6.07, 6.45) is 2.38. The highest BCUT2D eigenvalue weighted by Gasteiger charge is 2.48. The van der Waals surface area contributed by atoms with E-state index in [2.05, 4.69) is 41.5 Å². The number of epoxide rings is 1. The maximum atomic E-state index is 5.65. The lowest BCUT2D eigenvalue weighted by Crippen LogP contribution is -2.26. The molecule has 0 aromatic carbocycles. The van der Waals surface area contributed by atoms with Crippen LogP contribution in [0.1, 0.15) is 54.4 Å². The molecule has 0 aliphatic carbocycles. The Labute approximate surface area is 82.9 Å². The Balaban J connectivity index is 2.49. The summed E-state index contributed by atoms with van der Waals surface area (Å²) in [4.78, 5) is 0. The van der Waals surface area contributed by atoms with Crippen LogP contribution in [0.3, 0.4) is 0 Å². The molecule has 13 heavy (non-hydrogen) atoms. The highest BCUT2D eigenvalue weighted by molar-refractivity contribution is 4.97. The molecule has 0 saturated carbocycles. The Kier molecular flexibility index (Phi) is 2.53. The van der Waals surface area contributed by atoms with E-state index in [9.17, 15) is 0 Å². The first-order valence-corrected chi connectivity index (χ1v) is 5.26. The monoisotopic (exact) mass is 184 g/mol. The molecule has 0 unspecified atom stereocenters. The second kappa shape index (κ2) is 2.98. The Morgan fingerprint density at radius 2 is 1.23 bits per heavy atom. The summed E-state index contributed by atoms with van der Waals surface area (Å²) in [6, 6.07) is 0. The molecule has 1 nitrogen and oxygen atoms in total. The third-order valence-corrected chi connectivity index (χ3v) is 2.26. The molecular weight excluding hydrogens is 160 g/mol. The molecule has 1 heterocycles. The van der Waals surface area contributed by atoms with Crippen molar-refractivity contribution >= 4 is 0 Å². The van der Waals surface area contributed by atoms with E-state index < -0.39 is 0 Å². The molecule has 1 aliphatic rings. The average Bonchev–Trinajstić information content (AvgIpc) is 2.36. The van der Waals surface area contributed by atoms with Crippen LogP contribution in [0, 0.1) is 10.8 Å². The van der Waals surface area contributed by atoms with Crippen LogP contribution in [0.25, 0.3) is 0 Å². The van der Waals surface area contributed by atoms with Crippen LogP contribution in [-0.4, -0.2) is 12.2 Å². The van der Waals surface area contributed by atoms with E-state index in [4.69, 9.17) is 4.74 Å². The van der Waals surface area contributed by atoms with Gasteiger partial charge in [0.2, 0.25) is 0 Å². The highest BCUT2D eigenvalue weighted by Crippen LogP contribution is 2.46. The first-order valence-electron chi connectivity index (χ1n) is 5.26. The standard InChI is InChI=1S/C12H24O/c1-10(2,3)7-12(9-13-12)8-11(4,5)6/h7-9H2,1-6H3. The van der Waals surface area contributed by atoms with Crippen molar-refractivity contribution in [1.82, 2.24) is 0 Å². The zero-order valence-electron chi connectivity index (χ0n) is 10.0. The van der Waals surface area contributed by atoms with E-state index in [1.54, 1.807) is 0 Å². The van der Waals surface area contributed by atoms with Crippen LogP contribution in [0.2, 0.25) is 0 Å². The Morgan fingerprint density at radius 1 is 0.923 bits per heavy atom. The molecule has 78 valence electrons. The van der Waals surface area contributed by atoms with Crippen LogP contribution in [0.15, 0.2) is 0 Å². The zero-order chi connectivity index (χ0) is 10.3. The molecule has 0 aromatic heterocycles. The lowest BCUT2D eigenvalue weighted by Gasteiger charge is -2.28. The summed E-state index contributed by atoms with van der Waals surface area (Å²) >= 11 is 0.